The second-order valence-electron chi connectivity index (χ2n) is 5.42. The van der Waals surface area contributed by atoms with Crippen LogP contribution in [0.1, 0.15) is 17.9 Å². The summed E-state index contributed by atoms with van der Waals surface area (Å²) in [5.74, 6) is 1.65. The molecular formula is C19H19NO3. The van der Waals surface area contributed by atoms with Crippen molar-refractivity contribution in [1.82, 2.24) is 4.90 Å². The highest BCUT2D eigenvalue weighted by Gasteiger charge is 2.22. The van der Waals surface area contributed by atoms with Gasteiger partial charge < -0.3 is 9.47 Å². The Morgan fingerprint density at radius 1 is 1.04 bits per heavy atom. The smallest absolute Gasteiger partial charge is 0.419 e. The lowest BCUT2D eigenvalue weighted by Crippen LogP contribution is -2.34. The molecule has 118 valence electrons. The number of carbonyl (C=O) groups is 1. The van der Waals surface area contributed by atoms with Crippen LogP contribution in [0.15, 0.2) is 66.9 Å². The first-order chi connectivity index (χ1) is 11.3. The SMILES string of the molecule is COc1ccc([C@@H]2CC=CN(C(=O)Oc3ccccc3)C2)cc1. The number of nitrogens with zero attached hydrogens (tertiary/aromatic N) is 1. The summed E-state index contributed by atoms with van der Waals surface area (Å²) in [4.78, 5) is 13.9. The van der Waals surface area contributed by atoms with Gasteiger partial charge in [-0.1, -0.05) is 36.4 Å². The molecule has 0 unspecified atom stereocenters. The molecule has 1 aliphatic rings. The number of hydrogen-bond donors (Lipinski definition) is 0. The standard InChI is InChI=1S/C19H19NO3/c1-22-17-11-9-15(10-12-17)16-6-5-13-20(14-16)19(21)23-18-7-3-2-4-8-18/h2-5,7-13,16H,6,14H2,1H3/t16-/m1/s1. The van der Waals surface area contributed by atoms with Gasteiger partial charge in [-0.25, -0.2) is 4.79 Å². The Hall–Kier alpha value is -2.75. The summed E-state index contributed by atoms with van der Waals surface area (Å²) < 4.78 is 10.6. The van der Waals surface area contributed by atoms with Crippen LogP contribution in [0.3, 0.4) is 0 Å². The van der Waals surface area contributed by atoms with Crippen LogP contribution in [0.2, 0.25) is 0 Å². The lowest BCUT2D eigenvalue weighted by atomic mass is 9.93. The molecule has 0 saturated heterocycles. The van der Waals surface area contributed by atoms with E-state index in [0.29, 0.717) is 12.3 Å². The molecule has 4 nitrogen and oxygen atoms in total. The number of ether oxygens (including phenoxy) is 2. The van der Waals surface area contributed by atoms with Crippen LogP contribution in [-0.4, -0.2) is 24.6 Å². The zero-order valence-corrected chi connectivity index (χ0v) is 13.0. The van der Waals surface area contributed by atoms with Gasteiger partial charge in [-0.05, 0) is 36.2 Å². The first kappa shape index (κ1) is 15.2. The van der Waals surface area contributed by atoms with E-state index in [1.807, 2.05) is 48.5 Å². The number of para-hydroxylation sites is 1. The summed E-state index contributed by atoms with van der Waals surface area (Å²) in [7, 11) is 1.65. The summed E-state index contributed by atoms with van der Waals surface area (Å²) in [6.07, 6.45) is 4.35. The molecule has 1 amide bonds. The fourth-order valence-electron chi connectivity index (χ4n) is 2.63. The Labute approximate surface area is 135 Å². The number of carbonyl (C=O) groups excluding carboxylic acids is 1. The van der Waals surface area contributed by atoms with Crippen molar-refractivity contribution in [3.8, 4) is 11.5 Å². The van der Waals surface area contributed by atoms with E-state index >= 15 is 0 Å². The molecule has 3 rings (SSSR count). The number of methoxy groups -OCH3 is 1. The van der Waals surface area contributed by atoms with Gasteiger partial charge in [0.2, 0.25) is 0 Å². The molecule has 0 saturated carbocycles. The monoisotopic (exact) mass is 309 g/mol. The molecular weight excluding hydrogens is 290 g/mol. The average molecular weight is 309 g/mol. The minimum atomic E-state index is -0.356. The third kappa shape index (κ3) is 3.72. The zero-order valence-electron chi connectivity index (χ0n) is 13.0. The maximum atomic E-state index is 12.3. The van der Waals surface area contributed by atoms with Crippen molar-refractivity contribution in [2.24, 2.45) is 0 Å². The third-order valence-corrected chi connectivity index (χ3v) is 3.89. The largest absolute Gasteiger partial charge is 0.497 e. The molecule has 2 aromatic carbocycles. The lowest BCUT2D eigenvalue weighted by molar-refractivity contribution is 0.165. The van der Waals surface area contributed by atoms with E-state index in [0.717, 1.165) is 12.2 Å². The summed E-state index contributed by atoms with van der Waals surface area (Å²) in [6, 6.07) is 17.1. The first-order valence-electron chi connectivity index (χ1n) is 7.60. The van der Waals surface area contributed by atoms with Crippen molar-refractivity contribution in [2.45, 2.75) is 12.3 Å². The Kier molecular flexibility index (Phi) is 4.62. The highest BCUT2D eigenvalue weighted by molar-refractivity contribution is 5.72. The van der Waals surface area contributed by atoms with Crippen LogP contribution in [0.25, 0.3) is 0 Å². The highest BCUT2D eigenvalue weighted by atomic mass is 16.6. The van der Waals surface area contributed by atoms with Gasteiger partial charge in [-0.2, -0.15) is 0 Å². The van der Waals surface area contributed by atoms with E-state index in [9.17, 15) is 4.79 Å². The van der Waals surface area contributed by atoms with E-state index in [4.69, 9.17) is 9.47 Å². The summed E-state index contributed by atoms with van der Waals surface area (Å²) in [5.41, 5.74) is 1.19. The number of allylic oxidation sites excluding steroid dienone is 1. The third-order valence-electron chi connectivity index (χ3n) is 3.89. The Morgan fingerprint density at radius 2 is 1.78 bits per heavy atom. The van der Waals surface area contributed by atoms with Crippen LogP contribution in [0.5, 0.6) is 11.5 Å². The molecule has 4 heteroatoms. The second-order valence-corrected chi connectivity index (χ2v) is 5.42. The zero-order chi connectivity index (χ0) is 16.1. The predicted molar refractivity (Wildman–Crippen MR) is 88.7 cm³/mol. The van der Waals surface area contributed by atoms with Crippen molar-refractivity contribution >= 4 is 6.09 Å². The molecule has 1 heterocycles. The Balaban J connectivity index is 1.66. The van der Waals surface area contributed by atoms with E-state index in [-0.39, 0.29) is 12.0 Å². The number of hydrogen-bond acceptors (Lipinski definition) is 3. The normalized spacial score (nSPS) is 16.9. The van der Waals surface area contributed by atoms with Crippen molar-refractivity contribution < 1.29 is 14.3 Å². The maximum Gasteiger partial charge on any atom is 0.419 e. The van der Waals surface area contributed by atoms with Crippen molar-refractivity contribution in [3.63, 3.8) is 0 Å². The minimum absolute atomic E-state index is 0.259. The van der Waals surface area contributed by atoms with Crippen molar-refractivity contribution in [1.29, 1.82) is 0 Å². The molecule has 23 heavy (non-hydrogen) atoms. The van der Waals surface area contributed by atoms with Crippen molar-refractivity contribution in [3.05, 3.63) is 72.4 Å². The van der Waals surface area contributed by atoms with E-state index in [1.165, 1.54) is 5.56 Å². The van der Waals surface area contributed by atoms with Gasteiger partial charge in [-0.3, -0.25) is 4.90 Å². The molecule has 0 bridgehead atoms. The van der Waals surface area contributed by atoms with E-state index < -0.39 is 0 Å². The van der Waals surface area contributed by atoms with Crippen LogP contribution >= 0.6 is 0 Å². The molecule has 0 spiro atoms. The Morgan fingerprint density at radius 3 is 2.48 bits per heavy atom. The van der Waals surface area contributed by atoms with Gasteiger partial charge in [0, 0.05) is 18.7 Å². The minimum Gasteiger partial charge on any atom is -0.497 e. The molecule has 1 atom stereocenters. The van der Waals surface area contributed by atoms with Gasteiger partial charge in [0.25, 0.3) is 0 Å². The van der Waals surface area contributed by atoms with Gasteiger partial charge in [0.05, 0.1) is 7.11 Å². The fourth-order valence-corrected chi connectivity index (χ4v) is 2.63. The summed E-state index contributed by atoms with van der Waals surface area (Å²) in [5, 5.41) is 0. The van der Waals surface area contributed by atoms with Crippen LogP contribution in [0, 0.1) is 0 Å². The number of amides is 1. The molecule has 0 aromatic heterocycles. The quantitative estimate of drug-likeness (QED) is 0.853. The van der Waals surface area contributed by atoms with Gasteiger partial charge in [0.15, 0.2) is 0 Å². The molecule has 0 N–H and O–H groups in total. The number of benzene rings is 2. The Bertz CT molecular complexity index is 680. The first-order valence-corrected chi connectivity index (χ1v) is 7.60. The number of rotatable bonds is 3. The van der Waals surface area contributed by atoms with Crippen LogP contribution in [-0.2, 0) is 0 Å². The molecule has 0 radical (unpaired) electrons. The molecule has 2 aromatic rings. The molecule has 1 aliphatic heterocycles. The van der Waals surface area contributed by atoms with E-state index in [2.05, 4.69) is 0 Å². The predicted octanol–water partition coefficient (Wildman–Crippen LogP) is 4.20. The van der Waals surface area contributed by atoms with Crippen molar-refractivity contribution in [2.75, 3.05) is 13.7 Å². The topological polar surface area (TPSA) is 38.8 Å². The average Bonchev–Trinajstić information content (AvgIpc) is 2.63. The van der Waals surface area contributed by atoms with Gasteiger partial charge in [0.1, 0.15) is 11.5 Å². The fraction of sp³-hybridized carbons (Fsp3) is 0.211. The van der Waals surface area contributed by atoms with Gasteiger partial charge in [-0.15, -0.1) is 0 Å². The summed E-state index contributed by atoms with van der Waals surface area (Å²) in [6.45, 7) is 0.606. The van der Waals surface area contributed by atoms with Crippen LogP contribution in [0.4, 0.5) is 4.79 Å². The second kappa shape index (κ2) is 7.01. The molecule has 0 aliphatic carbocycles. The summed E-state index contributed by atoms with van der Waals surface area (Å²) >= 11 is 0. The molecule has 0 fully saturated rings. The van der Waals surface area contributed by atoms with E-state index in [1.54, 1.807) is 30.3 Å². The maximum absolute atomic E-state index is 12.3. The van der Waals surface area contributed by atoms with Gasteiger partial charge >= 0.3 is 6.09 Å². The lowest BCUT2D eigenvalue weighted by Gasteiger charge is -2.27. The highest BCUT2D eigenvalue weighted by Crippen LogP contribution is 2.27. The van der Waals surface area contributed by atoms with Crippen LogP contribution < -0.4 is 9.47 Å².